The molecule has 2 N–H and O–H groups in total. The number of nitrogens with zero attached hydrogens (tertiary/aromatic N) is 5. The first-order chi connectivity index (χ1) is 17.1. The molecule has 1 saturated heterocycles. The summed E-state index contributed by atoms with van der Waals surface area (Å²) >= 11 is 0. The molecule has 0 radical (unpaired) electrons. The molecule has 6 rings (SSSR count). The second kappa shape index (κ2) is 8.99. The number of morpholine rings is 1. The van der Waals surface area contributed by atoms with E-state index in [1.54, 1.807) is 0 Å². The maximum Gasteiger partial charge on any atom is 0.251 e. The first-order valence-electron chi connectivity index (χ1n) is 11.9. The van der Waals surface area contributed by atoms with E-state index < -0.39 is 0 Å². The maximum atomic E-state index is 12.3. The van der Waals surface area contributed by atoms with Gasteiger partial charge < -0.3 is 24.8 Å². The van der Waals surface area contributed by atoms with E-state index in [-0.39, 0.29) is 5.91 Å². The molecule has 1 aliphatic heterocycles. The normalized spacial score (nSPS) is 15.9. The van der Waals surface area contributed by atoms with Crippen molar-refractivity contribution in [1.82, 2.24) is 24.8 Å². The molecule has 2 aliphatic rings. The Morgan fingerprint density at radius 2 is 1.83 bits per heavy atom. The molecule has 35 heavy (non-hydrogen) atoms. The number of benzene rings is 2. The summed E-state index contributed by atoms with van der Waals surface area (Å²) in [5.74, 6) is 1.33. The summed E-state index contributed by atoms with van der Waals surface area (Å²) in [6.45, 7) is 2.80. The van der Waals surface area contributed by atoms with E-state index in [1.165, 1.54) is 0 Å². The van der Waals surface area contributed by atoms with Crippen molar-refractivity contribution >= 4 is 34.4 Å². The second-order valence-corrected chi connectivity index (χ2v) is 9.05. The van der Waals surface area contributed by atoms with Crippen LogP contribution in [0.25, 0.3) is 22.3 Å². The molecular formula is C26H27N7O2. The second-order valence-electron chi connectivity index (χ2n) is 9.05. The molecule has 1 aliphatic carbocycles. The number of rotatable bonds is 6. The van der Waals surface area contributed by atoms with E-state index in [1.807, 2.05) is 60.4 Å². The van der Waals surface area contributed by atoms with Gasteiger partial charge in [-0.05, 0) is 49.2 Å². The van der Waals surface area contributed by atoms with Crippen molar-refractivity contribution in [1.29, 1.82) is 0 Å². The van der Waals surface area contributed by atoms with Crippen LogP contribution in [0.3, 0.4) is 0 Å². The minimum absolute atomic E-state index is 0.0245. The first kappa shape index (κ1) is 21.5. The van der Waals surface area contributed by atoms with Crippen molar-refractivity contribution in [3.63, 3.8) is 0 Å². The topological polar surface area (TPSA) is 97.2 Å². The van der Waals surface area contributed by atoms with Gasteiger partial charge >= 0.3 is 0 Å². The highest BCUT2D eigenvalue weighted by atomic mass is 16.5. The van der Waals surface area contributed by atoms with Crippen LogP contribution in [0.4, 0.5) is 17.5 Å². The Morgan fingerprint density at radius 3 is 2.60 bits per heavy atom. The summed E-state index contributed by atoms with van der Waals surface area (Å²) in [4.78, 5) is 28.6. The number of amides is 1. The van der Waals surface area contributed by atoms with Crippen LogP contribution < -0.4 is 15.5 Å². The van der Waals surface area contributed by atoms with Gasteiger partial charge in [0.05, 0.1) is 36.3 Å². The Morgan fingerprint density at radius 1 is 1.03 bits per heavy atom. The molecule has 2 aromatic carbocycles. The zero-order valence-electron chi connectivity index (χ0n) is 19.6. The summed E-state index contributed by atoms with van der Waals surface area (Å²) in [6, 6.07) is 15.9. The Bertz CT molecular complexity index is 1370. The third kappa shape index (κ3) is 4.67. The van der Waals surface area contributed by atoms with Crippen LogP contribution >= 0.6 is 0 Å². The lowest BCUT2D eigenvalue weighted by Crippen LogP contribution is -2.37. The summed E-state index contributed by atoms with van der Waals surface area (Å²) in [7, 11) is 1.99. The molecule has 9 nitrogen and oxygen atoms in total. The number of ether oxygens (including phenoxy) is 1. The number of carbonyl (C=O) groups excluding carboxylic acids is 1. The Hall–Kier alpha value is -3.98. The van der Waals surface area contributed by atoms with E-state index in [0.29, 0.717) is 36.6 Å². The van der Waals surface area contributed by atoms with E-state index in [4.69, 9.17) is 14.7 Å². The predicted molar refractivity (Wildman–Crippen MR) is 135 cm³/mol. The summed E-state index contributed by atoms with van der Waals surface area (Å²) in [5, 5.41) is 6.42. The molecular weight excluding hydrogens is 442 g/mol. The molecule has 9 heteroatoms. The molecule has 1 amide bonds. The molecule has 0 spiro atoms. The molecule has 1 saturated carbocycles. The third-order valence-electron chi connectivity index (χ3n) is 6.36. The van der Waals surface area contributed by atoms with Gasteiger partial charge in [0.1, 0.15) is 5.82 Å². The molecule has 2 fully saturated rings. The van der Waals surface area contributed by atoms with Crippen LogP contribution in [0.15, 0.2) is 54.9 Å². The highest BCUT2D eigenvalue weighted by molar-refractivity contribution is 5.95. The van der Waals surface area contributed by atoms with Gasteiger partial charge in [-0.1, -0.05) is 6.07 Å². The van der Waals surface area contributed by atoms with Gasteiger partial charge in [0.15, 0.2) is 0 Å². The molecule has 0 bridgehead atoms. The van der Waals surface area contributed by atoms with Crippen LogP contribution in [-0.4, -0.2) is 57.8 Å². The number of hydrogen-bond acceptors (Lipinski definition) is 7. The van der Waals surface area contributed by atoms with Gasteiger partial charge in [-0.2, -0.15) is 4.98 Å². The van der Waals surface area contributed by atoms with Gasteiger partial charge in [-0.15, -0.1) is 0 Å². The first-order valence-corrected chi connectivity index (χ1v) is 11.9. The fourth-order valence-electron chi connectivity index (χ4n) is 4.19. The van der Waals surface area contributed by atoms with Crippen LogP contribution in [-0.2, 0) is 11.8 Å². The number of anilines is 3. The minimum Gasteiger partial charge on any atom is -0.378 e. The smallest absolute Gasteiger partial charge is 0.251 e. The van der Waals surface area contributed by atoms with E-state index in [2.05, 4.69) is 26.6 Å². The lowest BCUT2D eigenvalue weighted by molar-refractivity contribution is 0.0951. The van der Waals surface area contributed by atoms with Crippen molar-refractivity contribution in [2.45, 2.75) is 18.9 Å². The molecule has 178 valence electrons. The van der Waals surface area contributed by atoms with Crippen molar-refractivity contribution < 1.29 is 9.53 Å². The fraction of sp³-hybridized carbons (Fsp3) is 0.308. The monoisotopic (exact) mass is 469 g/mol. The van der Waals surface area contributed by atoms with Gasteiger partial charge in [-0.3, -0.25) is 4.79 Å². The maximum absolute atomic E-state index is 12.3. The van der Waals surface area contributed by atoms with Crippen LogP contribution in [0.5, 0.6) is 0 Å². The van der Waals surface area contributed by atoms with Crippen molar-refractivity contribution in [3.05, 3.63) is 60.4 Å². The zero-order chi connectivity index (χ0) is 23.8. The van der Waals surface area contributed by atoms with Crippen LogP contribution in [0.2, 0.25) is 0 Å². The standard InChI is InChI=1S/C26H27N7O2/c1-32-16-27-21-9-4-18(14-23(21)32)22-15-24(31-26(30-22)33-10-12-35-13-11-33)28-19-5-2-17(3-6-19)25(34)29-20-7-8-20/h2-6,9,14-16,20H,7-8,10-13H2,1H3,(H,29,34)(H,28,30,31). The van der Waals surface area contributed by atoms with Gasteiger partial charge in [0.25, 0.3) is 5.91 Å². The summed E-state index contributed by atoms with van der Waals surface area (Å²) in [6.07, 6.45) is 3.95. The van der Waals surface area contributed by atoms with E-state index in [9.17, 15) is 4.79 Å². The van der Waals surface area contributed by atoms with Crippen LogP contribution in [0.1, 0.15) is 23.2 Å². The molecule has 0 atom stereocenters. The Labute approximate surface area is 203 Å². The average Bonchev–Trinajstić information content (AvgIpc) is 3.64. The van der Waals surface area contributed by atoms with Gasteiger partial charge in [0.2, 0.25) is 5.95 Å². The third-order valence-corrected chi connectivity index (χ3v) is 6.36. The average molecular weight is 470 g/mol. The SMILES string of the molecule is Cn1cnc2ccc(-c3cc(Nc4ccc(C(=O)NC5CC5)cc4)nc(N4CCOCC4)n3)cc21. The minimum atomic E-state index is -0.0245. The number of hydrogen-bond donors (Lipinski definition) is 2. The largest absolute Gasteiger partial charge is 0.378 e. The number of aromatic nitrogens is 4. The van der Waals surface area contributed by atoms with Gasteiger partial charge in [-0.25, -0.2) is 9.97 Å². The number of imidazole rings is 1. The van der Waals surface area contributed by atoms with Crippen molar-refractivity contribution in [2.75, 3.05) is 36.5 Å². The number of nitrogens with one attached hydrogen (secondary N) is 2. The lowest BCUT2D eigenvalue weighted by atomic mass is 10.1. The lowest BCUT2D eigenvalue weighted by Gasteiger charge is -2.27. The summed E-state index contributed by atoms with van der Waals surface area (Å²) in [5.41, 5.74) is 5.32. The molecule has 2 aromatic heterocycles. The quantitative estimate of drug-likeness (QED) is 0.446. The number of fused-ring (bicyclic) bond motifs is 1. The fourth-order valence-corrected chi connectivity index (χ4v) is 4.19. The van der Waals surface area contributed by atoms with Crippen molar-refractivity contribution in [2.24, 2.45) is 7.05 Å². The van der Waals surface area contributed by atoms with E-state index in [0.717, 1.165) is 53.9 Å². The predicted octanol–water partition coefficient (Wildman–Crippen LogP) is 3.50. The molecule has 3 heterocycles. The Kier molecular flexibility index (Phi) is 5.54. The molecule has 0 unspecified atom stereocenters. The number of carbonyl (C=O) groups is 1. The highest BCUT2D eigenvalue weighted by Crippen LogP contribution is 2.28. The molecule has 4 aromatic rings. The highest BCUT2D eigenvalue weighted by Gasteiger charge is 2.23. The summed E-state index contributed by atoms with van der Waals surface area (Å²) < 4.78 is 7.52. The number of aryl methyl sites for hydroxylation is 1. The van der Waals surface area contributed by atoms with E-state index >= 15 is 0 Å². The van der Waals surface area contributed by atoms with Gasteiger partial charge in [0, 0.05) is 49.1 Å². The van der Waals surface area contributed by atoms with Crippen LogP contribution in [0, 0.1) is 0 Å². The Balaban J connectivity index is 1.31. The van der Waals surface area contributed by atoms with Crippen molar-refractivity contribution in [3.8, 4) is 11.3 Å². The zero-order valence-corrected chi connectivity index (χ0v) is 19.6.